The lowest BCUT2D eigenvalue weighted by molar-refractivity contribution is -0.151. The normalized spacial score (nSPS) is 14.9. The SMILES string of the molecule is CCCC(Oc1cc(CCN2CC=C(c3ccc(C(F)(F)F)cc3)CC2)ccc1-c1ccccc1)C(=O)OCC. The zero-order chi connectivity index (χ0) is 28.5. The lowest BCUT2D eigenvalue weighted by Crippen LogP contribution is -2.30. The van der Waals surface area contributed by atoms with Crippen LogP contribution >= 0.6 is 0 Å². The second kappa shape index (κ2) is 13.7. The Morgan fingerprint density at radius 3 is 2.35 bits per heavy atom. The number of carbonyl (C=O) groups excluding carboxylic acids is 1. The Morgan fingerprint density at radius 1 is 0.975 bits per heavy atom. The highest BCUT2D eigenvalue weighted by Gasteiger charge is 2.30. The van der Waals surface area contributed by atoms with Crippen molar-refractivity contribution in [3.8, 4) is 16.9 Å². The Hall–Kier alpha value is -3.58. The van der Waals surface area contributed by atoms with Gasteiger partial charge in [0, 0.05) is 25.2 Å². The maximum Gasteiger partial charge on any atom is 0.416 e. The van der Waals surface area contributed by atoms with Gasteiger partial charge in [-0.25, -0.2) is 4.79 Å². The third-order valence-corrected chi connectivity index (χ3v) is 7.09. The van der Waals surface area contributed by atoms with Crippen molar-refractivity contribution in [3.63, 3.8) is 0 Å². The minimum absolute atomic E-state index is 0.304. The molecule has 4 nitrogen and oxygen atoms in total. The van der Waals surface area contributed by atoms with E-state index >= 15 is 0 Å². The van der Waals surface area contributed by atoms with Crippen LogP contribution in [0.15, 0.2) is 78.9 Å². The molecule has 0 radical (unpaired) electrons. The molecule has 1 unspecified atom stereocenters. The minimum atomic E-state index is -4.32. The zero-order valence-corrected chi connectivity index (χ0v) is 23.0. The van der Waals surface area contributed by atoms with Crippen molar-refractivity contribution in [1.82, 2.24) is 4.90 Å². The smallest absolute Gasteiger partial charge is 0.416 e. The highest BCUT2D eigenvalue weighted by atomic mass is 19.4. The first kappa shape index (κ1) is 29.4. The van der Waals surface area contributed by atoms with E-state index in [0.29, 0.717) is 18.8 Å². The van der Waals surface area contributed by atoms with Crippen LogP contribution in [0.1, 0.15) is 49.8 Å². The first-order valence-electron chi connectivity index (χ1n) is 13.9. The Kier molecular flexibility index (Phi) is 10.0. The molecule has 0 aromatic heterocycles. The van der Waals surface area contributed by atoms with Gasteiger partial charge < -0.3 is 9.47 Å². The lowest BCUT2D eigenvalue weighted by atomic mass is 9.97. The maximum atomic E-state index is 12.9. The van der Waals surface area contributed by atoms with E-state index in [1.807, 2.05) is 49.4 Å². The van der Waals surface area contributed by atoms with Gasteiger partial charge in [0.25, 0.3) is 0 Å². The van der Waals surface area contributed by atoms with E-state index in [-0.39, 0.29) is 5.97 Å². The quantitative estimate of drug-likeness (QED) is 0.228. The molecule has 0 spiro atoms. The van der Waals surface area contributed by atoms with E-state index in [9.17, 15) is 18.0 Å². The number of hydrogen-bond donors (Lipinski definition) is 0. The molecule has 0 aliphatic carbocycles. The number of nitrogens with zero attached hydrogens (tertiary/aromatic N) is 1. The average Bonchev–Trinajstić information content (AvgIpc) is 2.96. The van der Waals surface area contributed by atoms with Crippen LogP contribution in [0.2, 0.25) is 0 Å². The average molecular weight is 552 g/mol. The third-order valence-electron chi connectivity index (χ3n) is 7.09. The van der Waals surface area contributed by atoms with Crippen molar-refractivity contribution >= 4 is 11.5 Å². The summed E-state index contributed by atoms with van der Waals surface area (Å²) >= 11 is 0. The second-order valence-corrected chi connectivity index (χ2v) is 9.95. The molecule has 1 aliphatic rings. The topological polar surface area (TPSA) is 38.8 Å². The van der Waals surface area contributed by atoms with Crippen molar-refractivity contribution in [2.45, 2.75) is 51.8 Å². The lowest BCUT2D eigenvalue weighted by Gasteiger charge is -2.27. The van der Waals surface area contributed by atoms with Crippen LogP contribution in [0.3, 0.4) is 0 Å². The summed E-state index contributed by atoms with van der Waals surface area (Å²) < 4.78 is 50.2. The molecule has 4 rings (SSSR count). The van der Waals surface area contributed by atoms with Gasteiger partial charge in [-0.15, -0.1) is 0 Å². The largest absolute Gasteiger partial charge is 0.478 e. The molecule has 0 saturated carbocycles. The predicted octanol–water partition coefficient (Wildman–Crippen LogP) is 7.81. The number of esters is 1. The molecule has 1 heterocycles. The summed E-state index contributed by atoms with van der Waals surface area (Å²) in [5, 5.41) is 0. The van der Waals surface area contributed by atoms with Crippen LogP contribution < -0.4 is 4.74 Å². The summed E-state index contributed by atoms with van der Waals surface area (Å²) in [7, 11) is 0. The molecule has 212 valence electrons. The van der Waals surface area contributed by atoms with Gasteiger partial charge in [0.15, 0.2) is 6.10 Å². The van der Waals surface area contributed by atoms with E-state index in [4.69, 9.17) is 9.47 Å². The third kappa shape index (κ3) is 7.75. The highest BCUT2D eigenvalue weighted by molar-refractivity contribution is 5.76. The number of ether oxygens (including phenoxy) is 2. The molecule has 0 N–H and O–H groups in total. The molecule has 40 heavy (non-hydrogen) atoms. The molecular formula is C33H36F3NO3. The molecule has 0 fully saturated rings. The molecule has 0 saturated heterocycles. The van der Waals surface area contributed by atoms with E-state index in [0.717, 1.165) is 78.9 Å². The fourth-order valence-electron chi connectivity index (χ4n) is 4.89. The summed E-state index contributed by atoms with van der Waals surface area (Å²) in [5.74, 6) is 0.316. The predicted molar refractivity (Wildman–Crippen MR) is 152 cm³/mol. The van der Waals surface area contributed by atoms with Gasteiger partial charge in [0.1, 0.15) is 5.75 Å². The van der Waals surface area contributed by atoms with Gasteiger partial charge >= 0.3 is 12.1 Å². The first-order chi connectivity index (χ1) is 19.3. The van der Waals surface area contributed by atoms with E-state index in [1.54, 1.807) is 19.1 Å². The zero-order valence-electron chi connectivity index (χ0n) is 23.0. The van der Waals surface area contributed by atoms with E-state index in [2.05, 4.69) is 17.0 Å². The summed E-state index contributed by atoms with van der Waals surface area (Å²) in [6.45, 7) is 6.51. The van der Waals surface area contributed by atoms with Crippen molar-refractivity contribution in [2.24, 2.45) is 0 Å². The molecule has 3 aromatic carbocycles. The second-order valence-electron chi connectivity index (χ2n) is 9.95. The number of benzene rings is 3. The molecule has 0 amide bonds. The first-order valence-corrected chi connectivity index (χ1v) is 13.9. The number of carbonyl (C=O) groups is 1. The van der Waals surface area contributed by atoms with E-state index in [1.165, 1.54) is 0 Å². The number of halogens is 3. The van der Waals surface area contributed by atoms with Gasteiger partial charge in [-0.05, 0) is 66.6 Å². The number of rotatable bonds is 11. The Morgan fingerprint density at radius 2 is 1.73 bits per heavy atom. The van der Waals surface area contributed by atoms with Gasteiger partial charge in [-0.3, -0.25) is 4.90 Å². The minimum Gasteiger partial charge on any atom is -0.478 e. The molecule has 7 heteroatoms. The van der Waals surface area contributed by atoms with Crippen molar-refractivity contribution in [2.75, 3.05) is 26.2 Å². The fourth-order valence-corrected chi connectivity index (χ4v) is 4.89. The molecule has 1 atom stereocenters. The van der Waals surface area contributed by atoms with Crippen LogP contribution in [0.4, 0.5) is 13.2 Å². The Labute approximate surface area is 234 Å². The number of hydrogen-bond acceptors (Lipinski definition) is 4. The Balaban J connectivity index is 1.45. The van der Waals surface area contributed by atoms with Gasteiger partial charge in [0.05, 0.1) is 12.2 Å². The molecule has 1 aliphatic heterocycles. The summed E-state index contributed by atoms with van der Waals surface area (Å²) in [6.07, 6.45) is 0.0553. The highest BCUT2D eigenvalue weighted by Crippen LogP contribution is 2.33. The maximum absolute atomic E-state index is 12.9. The van der Waals surface area contributed by atoms with Crippen LogP contribution in [-0.4, -0.2) is 43.2 Å². The summed E-state index contributed by atoms with van der Waals surface area (Å²) in [6, 6.07) is 21.5. The van der Waals surface area contributed by atoms with Crippen molar-refractivity contribution in [3.05, 3.63) is 95.6 Å². The standard InChI is InChI=1S/C33H36F3NO3/c1-3-8-30(32(38)39-4-2)40-31-23-24(11-16-29(31)27-9-6-5-7-10-27)17-20-37-21-18-26(19-22-37)25-12-14-28(15-13-25)33(34,35)36/h5-7,9-16,18,23,30H,3-4,8,17,19-22H2,1-2H3. The van der Waals surface area contributed by atoms with Gasteiger partial charge in [-0.1, -0.05) is 74.0 Å². The summed E-state index contributed by atoms with van der Waals surface area (Å²) in [5.41, 5.74) is 4.34. The van der Waals surface area contributed by atoms with E-state index < -0.39 is 17.8 Å². The van der Waals surface area contributed by atoms with Gasteiger partial charge in [0.2, 0.25) is 0 Å². The Bertz CT molecular complexity index is 1290. The van der Waals surface area contributed by atoms with Crippen LogP contribution in [0, 0.1) is 0 Å². The van der Waals surface area contributed by atoms with Gasteiger partial charge in [-0.2, -0.15) is 13.2 Å². The monoisotopic (exact) mass is 551 g/mol. The number of alkyl halides is 3. The van der Waals surface area contributed by atoms with Crippen molar-refractivity contribution < 1.29 is 27.4 Å². The van der Waals surface area contributed by atoms with Crippen molar-refractivity contribution in [1.29, 1.82) is 0 Å². The summed E-state index contributed by atoms with van der Waals surface area (Å²) in [4.78, 5) is 14.9. The molecular weight excluding hydrogens is 515 g/mol. The molecule has 0 bridgehead atoms. The molecule has 3 aromatic rings. The van der Waals surface area contributed by atoms with Crippen LogP contribution in [0.25, 0.3) is 16.7 Å². The van der Waals surface area contributed by atoms with Crippen LogP contribution in [-0.2, 0) is 22.1 Å². The fraction of sp³-hybridized carbons (Fsp3) is 0.364. The van der Waals surface area contributed by atoms with Crippen LogP contribution in [0.5, 0.6) is 5.75 Å².